The molecule has 0 aromatic heterocycles. The van der Waals surface area contributed by atoms with E-state index in [4.69, 9.17) is 4.74 Å². The summed E-state index contributed by atoms with van der Waals surface area (Å²) in [5.41, 5.74) is -0.692. The average molecular weight is 294 g/mol. The zero-order chi connectivity index (χ0) is 14.6. The number of fused-ring (bicyclic) bond motifs is 3. The topological polar surface area (TPSA) is 78.9 Å². The monoisotopic (exact) mass is 294 g/mol. The van der Waals surface area contributed by atoms with E-state index >= 15 is 0 Å². The van der Waals surface area contributed by atoms with Gasteiger partial charge in [-0.3, -0.25) is 4.79 Å². The van der Waals surface area contributed by atoms with Crippen LogP contribution in [0.3, 0.4) is 0 Å². The number of carbonyl (C=O) groups is 2. The van der Waals surface area contributed by atoms with Gasteiger partial charge in [0.05, 0.1) is 23.7 Å². The number of rotatable bonds is 2. The minimum Gasteiger partial charge on any atom is -0.481 e. The molecule has 116 valence electrons. The Morgan fingerprint density at radius 1 is 1.29 bits per heavy atom. The number of nitrogens with zero attached hydrogens (tertiary/aromatic N) is 1. The Balaban J connectivity index is 1.41. The van der Waals surface area contributed by atoms with Crippen molar-refractivity contribution >= 4 is 12.0 Å². The summed E-state index contributed by atoms with van der Waals surface area (Å²) in [6.45, 7) is 0.945. The lowest BCUT2D eigenvalue weighted by Crippen LogP contribution is -2.48. The van der Waals surface area contributed by atoms with E-state index < -0.39 is 11.4 Å². The number of ether oxygens (including phenoxy) is 1. The van der Waals surface area contributed by atoms with Crippen LogP contribution in [-0.2, 0) is 9.53 Å². The number of urea groups is 1. The highest BCUT2D eigenvalue weighted by atomic mass is 16.5. The highest BCUT2D eigenvalue weighted by Gasteiger charge is 2.56. The quantitative estimate of drug-likeness (QED) is 0.802. The number of hydrogen-bond donors (Lipinski definition) is 2. The Labute approximate surface area is 123 Å². The van der Waals surface area contributed by atoms with Crippen molar-refractivity contribution < 1.29 is 19.4 Å². The predicted octanol–water partition coefficient (Wildman–Crippen LogP) is 1.20. The molecule has 1 saturated carbocycles. The Hall–Kier alpha value is -1.30. The zero-order valence-corrected chi connectivity index (χ0v) is 12.1. The highest BCUT2D eigenvalue weighted by molar-refractivity contribution is 5.80. The molecule has 3 heterocycles. The van der Waals surface area contributed by atoms with Gasteiger partial charge >= 0.3 is 12.0 Å². The number of hydrogen-bond acceptors (Lipinski definition) is 3. The van der Waals surface area contributed by atoms with Crippen molar-refractivity contribution in [2.75, 3.05) is 13.1 Å². The van der Waals surface area contributed by atoms with E-state index in [1.165, 1.54) is 0 Å². The van der Waals surface area contributed by atoms with Gasteiger partial charge in [0.25, 0.3) is 0 Å². The summed E-state index contributed by atoms with van der Waals surface area (Å²) >= 11 is 0. The number of amides is 2. The van der Waals surface area contributed by atoms with Gasteiger partial charge in [0.1, 0.15) is 0 Å². The SMILES string of the molecule is O=C(N[C@@H]1C[C@H]2CC[C@@H]1O2)N1C[C@@H]2CCC[C@@]2(C(=O)O)C1. The van der Waals surface area contributed by atoms with Gasteiger partial charge in [-0.25, -0.2) is 4.79 Å². The summed E-state index contributed by atoms with van der Waals surface area (Å²) in [4.78, 5) is 25.8. The molecule has 2 N–H and O–H groups in total. The number of aliphatic carboxylic acids is 1. The largest absolute Gasteiger partial charge is 0.481 e. The van der Waals surface area contributed by atoms with Gasteiger partial charge in [0, 0.05) is 13.1 Å². The summed E-state index contributed by atoms with van der Waals surface area (Å²) in [7, 11) is 0. The van der Waals surface area contributed by atoms with Crippen LogP contribution >= 0.6 is 0 Å². The molecule has 4 rings (SSSR count). The van der Waals surface area contributed by atoms with Crippen LogP contribution in [0.25, 0.3) is 0 Å². The Morgan fingerprint density at radius 3 is 2.76 bits per heavy atom. The van der Waals surface area contributed by atoms with Crippen LogP contribution < -0.4 is 5.32 Å². The van der Waals surface area contributed by atoms with Gasteiger partial charge in [-0.05, 0) is 38.0 Å². The second-order valence-electron chi connectivity index (χ2n) is 7.10. The lowest BCUT2D eigenvalue weighted by molar-refractivity contribution is -0.149. The Morgan fingerprint density at radius 2 is 2.14 bits per heavy atom. The number of carboxylic acids is 1. The van der Waals surface area contributed by atoms with Crippen molar-refractivity contribution in [1.82, 2.24) is 10.2 Å². The molecule has 3 saturated heterocycles. The van der Waals surface area contributed by atoms with Gasteiger partial charge in [0.2, 0.25) is 0 Å². The first-order chi connectivity index (χ1) is 10.1. The predicted molar refractivity (Wildman–Crippen MR) is 73.8 cm³/mol. The van der Waals surface area contributed by atoms with Crippen molar-refractivity contribution in [2.45, 2.75) is 56.8 Å². The number of nitrogens with one attached hydrogen (secondary N) is 1. The van der Waals surface area contributed by atoms with Crippen LogP contribution in [0.5, 0.6) is 0 Å². The lowest BCUT2D eigenvalue weighted by Gasteiger charge is -2.26. The van der Waals surface area contributed by atoms with E-state index in [-0.39, 0.29) is 24.1 Å². The van der Waals surface area contributed by atoms with Crippen molar-refractivity contribution in [1.29, 1.82) is 0 Å². The molecule has 0 unspecified atom stereocenters. The molecule has 6 heteroatoms. The molecule has 5 atom stereocenters. The molecule has 0 aromatic carbocycles. The maximum atomic E-state index is 12.4. The summed E-state index contributed by atoms with van der Waals surface area (Å²) < 4.78 is 5.75. The van der Waals surface area contributed by atoms with E-state index in [1.54, 1.807) is 4.90 Å². The van der Waals surface area contributed by atoms with E-state index in [0.29, 0.717) is 25.6 Å². The van der Waals surface area contributed by atoms with Crippen LogP contribution in [0.4, 0.5) is 4.79 Å². The first-order valence-corrected chi connectivity index (χ1v) is 8.03. The normalized spacial score (nSPS) is 44.1. The summed E-state index contributed by atoms with van der Waals surface area (Å²) in [6.07, 6.45) is 6.09. The molecule has 0 radical (unpaired) electrons. The molecule has 6 nitrogen and oxygen atoms in total. The summed E-state index contributed by atoms with van der Waals surface area (Å²) in [5.74, 6) is -0.611. The summed E-state index contributed by atoms with van der Waals surface area (Å²) in [5, 5.41) is 12.6. The summed E-state index contributed by atoms with van der Waals surface area (Å²) in [6, 6.07) is 0.00337. The van der Waals surface area contributed by atoms with Crippen molar-refractivity contribution in [2.24, 2.45) is 11.3 Å². The van der Waals surface area contributed by atoms with E-state index in [0.717, 1.165) is 32.1 Å². The van der Waals surface area contributed by atoms with Gasteiger partial charge in [-0.15, -0.1) is 0 Å². The standard InChI is InChI=1S/C15H22N2O4/c18-13(19)15-5-1-2-9(15)7-17(8-15)14(20)16-11-6-10-3-4-12(11)21-10/h9-12H,1-8H2,(H,16,20)(H,18,19)/t9-,10+,11+,12-,15+/m0/s1. The van der Waals surface area contributed by atoms with E-state index in [2.05, 4.69) is 5.32 Å². The van der Waals surface area contributed by atoms with Crippen LogP contribution in [0, 0.1) is 11.3 Å². The molecule has 0 aromatic rings. The number of likely N-dealkylation sites (tertiary alicyclic amines) is 1. The Kier molecular flexibility index (Phi) is 2.93. The van der Waals surface area contributed by atoms with Crippen LogP contribution in [0.15, 0.2) is 0 Å². The van der Waals surface area contributed by atoms with E-state index in [9.17, 15) is 14.7 Å². The number of carboxylic acid groups (broad SMARTS) is 1. The number of carbonyl (C=O) groups excluding carboxylic acids is 1. The van der Waals surface area contributed by atoms with Crippen molar-refractivity contribution in [3.63, 3.8) is 0 Å². The minimum absolute atomic E-state index is 0.105. The second kappa shape index (κ2) is 4.60. The fourth-order valence-corrected chi connectivity index (χ4v) is 4.83. The van der Waals surface area contributed by atoms with Crippen LogP contribution in [0.1, 0.15) is 38.5 Å². The van der Waals surface area contributed by atoms with Crippen LogP contribution in [0.2, 0.25) is 0 Å². The second-order valence-corrected chi connectivity index (χ2v) is 7.10. The van der Waals surface area contributed by atoms with Gasteiger partial charge in [-0.2, -0.15) is 0 Å². The van der Waals surface area contributed by atoms with Gasteiger partial charge in [-0.1, -0.05) is 6.42 Å². The van der Waals surface area contributed by atoms with Crippen molar-refractivity contribution in [3.05, 3.63) is 0 Å². The fourth-order valence-electron chi connectivity index (χ4n) is 4.83. The molecule has 1 aliphatic carbocycles. The lowest BCUT2D eigenvalue weighted by atomic mass is 9.81. The van der Waals surface area contributed by atoms with Gasteiger partial charge in [0.15, 0.2) is 0 Å². The molecule has 3 aliphatic heterocycles. The van der Waals surface area contributed by atoms with Crippen LogP contribution in [-0.4, -0.2) is 53.3 Å². The molecular weight excluding hydrogens is 272 g/mol. The fraction of sp³-hybridized carbons (Fsp3) is 0.867. The molecule has 4 fully saturated rings. The molecule has 21 heavy (non-hydrogen) atoms. The maximum absolute atomic E-state index is 12.4. The molecule has 0 spiro atoms. The first-order valence-electron chi connectivity index (χ1n) is 8.03. The zero-order valence-electron chi connectivity index (χ0n) is 12.1. The third-order valence-corrected chi connectivity index (χ3v) is 6.00. The van der Waals surface area contributed by atoms with Gasteiger partial charge < -0.3 is 20.1 Å². The maximum Gasteiger partial charge on any atom is 0.317 e. The molecular formula is C15H22N2O4. The Bertz CT molecular complexity index is 482. The minimum atomic E-state index is -0.733. The third kappa shape index (κ3) is 1.95. The highest BCUT2D eigenvalue weighted by Crippen LogP contribution is 2.49. The van der Waals surface area contributed by atoms with Crippen molar-refractivity contribution in [3.8, 4) is 0 Å². The smallest absolute Gasteiger partial charge is 0.317 e. The molecule has 4 aliphatic rings. The van der Waals surface area contributed by atoms with E-state index in [1.807, 2.05) is 0 Å². The average Bonchev–Trinajstić information content (AvgIpc) is 3.17. The third-order valence-electron chi connectivity index (χ3n) is 6.00. The molecule has 2 bridgehead atoms. The first kappa shape index (κ1) is 13.4. The molecule has 2 amide bonds.